The van der Waals surface area contributed by atoms with E-state index in [1.165, 1.54) is 0 Å². The lowest BCUT2D eigenvalue weighted by molar-refractivity contribution is -0.187. The van der Waals surface area contributed by atoms with Crippen molar-refractivity contribution in [2.24, 2.45) is 0 Å². The van der Waals surface area contributed by atoms with Crippen LogP contribution in [0.15, 0.2) is 12.3 Å². The highest BCUT2D eigenvalue weighted by Crippen LogP contribution is 1.71. The van der Waals surface area contributed by atoms with Gasteiger partial charge in [0.1, 0.15) is 6.26 Å². The van der Waals surface area contributed by atoms with E-state index in [4.69, 9.17) is 5.26 Å². The topological polar surface area (TPSA) is 38.7 Å². The molecule has 9 heavy (non-hydrogen) atoms. The fourth-order valence-electron chi connectivity index (χ4n) is 0.179. The van der Waals surface area contributed by atoms with Crippen molar-refractivity contribution in [2.45, 2.75) is 14.9 Å². The highest BCUT2D eigenvalue weighted by Gasteiger charge is 1.67. The van der Waals surface area contributed by atoms with E-state index in [0.717, 1.165) is 6.26 Å². The van der Waals surface area contributed by atoms with Crippen molar-refractivity contribution in [3.05, 3.63) is 12.3 Å². The van der Waals surface area contributed by atoms with Gasteiger partial charge in [0.2, 0.25) is 0 Å². The Hall–Kier alpha value is -0.540. The molecule has 0 fully saturated rings. The van der Waals surface area contributed by atoms with Crippen molar-refractivity contribution >= 4 is 0 Å². The van der Waals surface area contributed by atoms with Crippen molar-refractivity contribution in [3.8, 4) is 0 Å². The molecule has 3 heteroatoms. The van der Waals surface area contributed by atoms with Gasteiger partial charge < -0.3 is 9.62 Å². The largest absolute Gasteiger partial charge is 0.381 e. The molecule has 0 saturated heterocycles. The third-order valence-electron chi connectivity index (χ3n) is 0.420. The van der Waals surface area contributed by atoms with Crippen LogP contribution >= 0.6 is 0 Å². The molecule has 0 heterocycles. The van der Waals surface area contributed by atoms with Crippen LogP contribution in [-0.4, -0.2) is 19.0 Å². The molecule has 0 rings (SSSR count). The molecule has 0 aliphatic rings. The van der Waals surface area contributed by atoms with Crippen LogP contribution in [0, 0.1) is 0 Å². The van der Waals surface area contributed by atoms with Crippen LogP contribution in [0.2, 0.25) is 0 Å². The van der Waals surface area contributed by atoms with Crippen LogP contribution in [0.5, 0.6) is 0 Å². The summed E-state index contributed by atoms with van der Waals surface area (Å²) in [6.07, 6.45) is 2.68. The molecule has 58 valence electrons. The lowest BCUT2D eigenvalue weighted by Crippen LogP contribution is -1.80. The predicted molar refractivity (Wildman–Crippen MR) is 38.2 cm³/mol. The molecule has 0 bridgehead atoms. The van der Waals surface area contributed by atoms with Crippen molar-refractivity contribution in [1.82, 2.24) is 0 Å². The fourth-order valence-corrected chi connectivity index (χ4v) is 0.179. The van der Waals surface area contributed by atoms with Gasteiger partial charge in [0.25, 0.3) is 0 Å². The van der Waals surface area contributed by atoms with E-state index in [1.54, 1.807) is 13.2 Å². The SMILES string of the molecule is C.C.COC/C=C/OO. The molecule has 0 aliphatic heterocycles. The summed E-state index contributed by atoms with van der Waals surface area (Å²) in [6, 6.07) is 0. The molecule has 0 unspecified atom stereocenters. The molecular weight excluding hydrogens is 120 g/mol. The Morgan fingerprint density at radius 1 is 1.44 bits per heavy atom. The second kappa shape index (κ2) is 15.7. The van der Waals surface area contributed by atoms with Gasteiger partial charge in [-0.05, 0) is 6.08 Å². The summed E-state index contributed by atoms with van der Waals surface area (Å²) in [5.74, 6) is 0. The molecule has 0 atom stereocenters. The van der Waals surface area contributed by atoms with Crippen molar-refractivity contribution in [1.29, 1.82) is 0 Å². The van der Waals surface area contributed by atoms with E-state index in [2.05, 4.69) is 9.62 Å². The fraction of sp³-hybridized carbons (Fsp3) is 0.667. The minimum Gasteiger partial charge on any atom is -0.381 e. The summed E-state index contributed by atoms with van der Waals surface area (Å²) in [4.78, 5) is 3.58. The summed E-state index contributed by atoms with van der Waals surface area (Å²) in [5.41, 5.74) is 0. The molecule has 1 N–H and O–H groups in total. The van der Waals surface area contributed by atoms with Gasteiger partial charge >= 0.3 is 0 Å². The molecule has 0 aromatic heterocycles. The first kappa shape index (κ1) is 15.8. The Bertz CT molecular complexity index is 52.3. The van der Waals surface area contributed by atoms with Gasteiger partial charge in [0.15, 0.2) is 0 Å². The number of methoxy groups -OCH3 is 1. The van der Waals surface area contributed by atoms with Gasteiger partial charge in [-0.3, -0.25) is 0 Å². The van der Waals surface area contributed by atoms with Gasteiger partial charge in [-0.15, -0.1) is 0 Å². The monoisotopic (exact) mass is 136 g/mol. The zero-order valence-corrected chi connectivity index (χ0v) is 4.13. The summed E-state index contributed by atoms with van der Waals surface area (Å²) in [6.45, 7) is 0.459. The van der Waals surface area contributed by atoms with E-state index in [9.17, 15) is 0 Å². The van der Waals surface area contributed by atoms with Gasteiger partial charge in [0, 0.05) is 7.11 Å². The first-order valence-corrected chi connectivity index (χ1v) is 1.86. The molecular formula is C6H16O3. The highest BCUT2D eigenvalue weighted by atomic mass is 17.1. The quantitative estimate of drug-likeness (QED) is 0.366. The van der Waals surface area contributed by atoms with Gasteiger partial charge in [0.05, 0.1) is 6.61 Å². The average Bonchev–Trinajstić information content (AvgIpc) is 1.69. The normalized spacial score (nSPS) is 7.78. The van der Waals surface area contributed by atoms with Crippen LogP contribution < -0.4 is 0 Å². The van der Waals surface area contributed by atoms with Crippen molar-refractivity contribution in [3.63, 3.8) is 0 Å². The zero-order chi connectivity index (χ0) is 5.54. The molecule has 0 amide bonds. The van der Waals surface area contributed by atoms with E-state index >= 15 is 0 Å². The van der Waals surface area contributed by atoms with Crippen LogP contribution in [0.25, 0.3) is 0 Å². The molecule has 0 aromatic rings. The summed E-state index contributed by atoms with van der Waals surface area (Å²) >= 11 is 0. The number of hydrogen-bond donors (Lipinski definition) is 1. The molecule has 0 radical (unpaired) electrons. The summed E-state index contributed by atoms with van der Waals surface area (Å²) in [5, 5.41) is 7.65. The Balaban J connectivity index is -0.000000180. The minimum atomic E-state index is 0. The van der Waals surface area contributed by atoms with E-state index in [-0.39, 0.29) is 14.9 Å². The molecule has 3 nitrogen and oxygen atoms in total. The minimum absolute atomic E-state index is 0. The van der Waals surface area contributed by atoms with E-state index in [0.29, 0.717) is 6.61 Å². The van der Waals surface area contributed by atoms with Crippen LogP contribution in [-0.2, 0) is 9.62 Å². The number of ether oxygens (including phenoxy) is 1. The third kappa shape index (κ3) is 18.6. The second-order valence-corrected chi connectivity index (χ2v) is 0.933. The molecule has 0 aromatic carbocycles. The highest BCUT2D eigenvalue weighted by molar-refractivity contribution is 4.70. The van der Waals surface area contributed by atoms with Crippen LogP contribution in [0.4, 0.5) is 0 Å². The summed E-state index contributed by atoms with van der Waals surface area (Å²) in [7, 11) is 1.56. The molecule has 0 saturated carbocycles. The third-order valence-corrected chi connectivity index (χ3v) is 0.420. The first-order chi connectivity index (χ1) is 3.41. The van der Waals surface area contributed by atoms with Crippen LogP contribution in [0.1, 0.15) is 14.9 Å². The van der Waals surface area contributed by atoms with Gasteiger partial charge in [-0.1, -0.05) is 14.9 Å². The van der Waals surface area contributed by atoms with Crippen molar-refractivity contribution in [2.75, 3.05) is 13.7 Å². The Labute approximate surface area is 56.8 Å². The smallest absolute Gasteiger partial charge is 0.127 e. The van der Waals surface area contributed by atoms with Crippen molar-refractivity contribution < 1.29 is 14.9 Å². The Morgan fingerprint density at radius 3 is 2.33 bits per heavy atom. The van der Waals surface area contributed by atoms with Crippen LogP contribution in [0.3, 0.4) is 0 Å². The first-order valence-electron chi connectivity index (χ1n) is 1.86. The predicted octanol–water partition coefficient (Wildman–Crippen LogP) is 1.91. The maximum Gasteiger partial charge on any atom is 0.127 e. The Kier molecular flexibility index (Phi) is 27.5. The van der Waals surface area contributed by atoms with Gasteiger partial charge in [-0.2, -0.15) is 0 Å². The standard InChI is InChI=1S/C4H8O3.2CH4/c1-6-3-2-4-7-5;;/h2,4-5H,3H2,1H3;2*1H4/b4-2+;;. The van der Waals surface area contributed by atoms with E-state index in [1.807, 2.05) is 0 Å². The lowest BCUT2D eigenvalue weighted by Gasteiger charge is -1.84. The number of rotatable bonds is 3. The Morgan fingerprint density at radius 2 is 2.00 bits per heavy atom. The molecule has 0 aliphatic carbocycles. The zero-order valence-electron chi connectivity index (χ0n) is 4.13. The average molecular weight is 136 g/mol. The molecule has 0 spiro atoms. The number of hydrogen-bond acceptors (Lipinski definition) is 3. The maximum absolute atomic E-state index is 7.65. The second-order valence-electron chi connectivity index (χ2n) is 0.933. The lowest BCUT2D eigenvalue weighted by atomic mass is 10.7. The van der Waals surface area contributed by atoms with E-state index < -0.39 is 0 Å². The summed E-state index contributed by atoms with van der Waals surface area (Å²) < 4.78 is 4.57. The maximum atomic E-state index is 7.65. The van der Waals surface area contributed by atoms with Gasteiger partial charge in [-0.25, -0.2) is 5.26 Å².